The van der Waals surface area contributed by atoms with Gasteiger partial charge in [0.1, 0.15) is 0 Å². The fourth-order valence-corrected chi connectivity index (χ4v) is 4.30. The molecule has 0 radical (unpaired) electrons. The standard InChI is InChI=1S/C19H20O3S/c1-15-9-11-17(12-10-15)23(20,21)19(18-8-5-13-22-18)14-16-6-3-2-4-7-16/h2-4,6-7,9-12,14,18H,5,8,13H2,1H3/b19-14+. The van der Waals surface area contributed by atoms with E-state index in [1.165, 1.54) is 0 Å². The van der Waals surface area contributed by atoms with Gasteiger partial charge in [-0.1, -0.05) is 48.0 Å². The van der Waals surface area contributed by atoms with Crippen LogP contribution in [0.15, 0.2) is 64.4 Å². The lowest BCUT2D eigenvalue weighted by atomic mass is 10.1. The molecule has 2 aromatic rings. The highest BCUT2D eigenvalue weighted by Crippen LogP contribution is 2.30. The van der Waals surface area contributed by atoms with Gasteiger partial charge >= 0.3 is 0 Å². The molecule has 120 valence electrons. The van der Waals surface area contributed by atoms with Crippen molar-refractivity contribution in [2.24, 2.45) is 0 Å². The second kappa shape index (κ2) is 6.69. The van der Waals surface area contributed by atoms with E-state index in [-0.39, 0.29) is 6.10 Å². The number of hydrogen-bond acceptors (Lipinski definition) is 3. The van der Waals surface area contributed by atoms with Crippen molar-refractivity contribution in [2.45, 2.75) is 30.8 Å². The van der Waals surface area contributed by atoms with Gasteiger partial charge in [-0.25, -0.2) is 8.42 Å². The highest BCUT2D eigenvalue weighted by Gasteiger charge is 2.31. The fourth-order valence-electron chi connectivity index (χ4n) is 2.71. The Balaban J connectivity index is 2.07. The zero-order chi connectivity index (χ0) is 16.3. The monoisotopic (exact) mass is 328 g/mol. The van der Waals surface area contributed by atoms with Crippen molar-refractivity contribution in [1.82, 2.24) is 0 Å². The van der Waals surface area contributed by atoms with Crippen molar-refractivity contribution in [3.8, 4) is 0 Å². The summed E-state index contributed by atoms with van der Waals surface area (Å²) in [5.74, 6) is 0. The molecule has 1 unspecified atom stereocenters. The molecule has 1 aliphatic rings. The van der Waals surface area contributed by atoms with Crippen molar-refractivity contribution in [3.05, 3.63) is 70.6 Å². The fraction of sp³-hybridized carbons (Fsp3) is 0.263. The van der Waals surface area contributed by atoms with E-state index in [9.17, 15) is 8.42 Å². The van der Waals surface area contributed by atoms with Crippen LogP contribution >= 0.6 is 0 Å². The van der Waals surface area contributed by atoms with Crippen LogP contribution in [0.1, 0.15) is 24.0 Å². The Morgan fingerprint density at radius 3 is 2.39 bits per heavy atom. The first-order valence-corrected chi connectivity index (χ1v) is 9.26. The Morgan fingerprint density at radius 1 is 1.09 bits per heavy atom. The summed E-state index contributed by atoms with van der Waals surface area (Å²) in [5, 5.41) is 0. The summed E-state index contributed by atoms with van der Waals surface area (Å²) in [7, 11) is -3.56. The van der Waals surface area contributed by atoms with Crippen LogP contribution in [0.25, 0.3) is 6.08 Å². The Hall–Kier alpha value is -1.91. The summed E-state index contributed by atoms with van der Waals surface area (Å²) in [6.45, 7) is 2.55. The third-order valence-corrected chi connectivity index (χ3v) is 5.89. The van der Waals surface area contributed by atoms with Gasteiger partial charge in [-0.05, 0) is 43.5 Å². The van der Waals surface area contributed by atoms with Gasteiger partial charge in [0.2, 0.25) is 9.84 Å². The van der Waals surface area contributed by atoms with Crippen LogP contribution < -0.4 is 0 Å². The smallest absolute Gasteiger partial charge is 0.205 e. The Labute approximate surface area is 137 Å². The predicted molar refractivity (Wildman–Crippen MR) is 91.8 cm³/mol. The second-order valence-electron chi connectivity index (χ2n) is 5.78. The Kier molecular flexibility index (Phi) is 4.64. The zero-order valence-electron chi connectivity index (χ0n) is 13.1. The summed E-state index contributed by atoms with van der Waals surface area (Å²) >= 11 is 0. The zero-order valence-corrected chi connectivity index (χ0v) is 13.9. The molecule has 0 saturated carbocycles. The molecule has 3 rings (SSSR count). The summed E-state index contributed by atoms with van der Waals surface area (Å²) in [5.41, 5.74) is 1.91. The molecule has 1 atom stereocenters. The second-order valence-corrected chi connectivity index (χ2v) is 7.73. The van der Waals surface area contributed by atoms with Crippen molar-refractivity contribution < 1.29 is 13.2 Å². The normalized spacial score (nSPS) is 19.0. The maximum absolute atomic E-state index is 13.1. The SMILES string of the molecule is Cc1ccc(S(=O)(=O)/C(=C/c2ccccc2)C2CCCO2)cc1. The highest BCUT2D eigenvalue weighted by atomic mass is 32.2. The van der Waals surface area contributed by atoms with E-state index < -0.39 is 9.84 Å². The molecule has 3 nitrogen and oxygen atoms in total. The van der Waals surface area contributed by atoms with E-state index in [1.807, 2.05) is 49.4 Å². The summed E-state index contributed by atoms with van der Waals surface area (Å²) in [6.07, 6.45) is 3.01. The van der Waals surface area contributed by atoms with Gasteiger partial charge in [-0.15, -0.1) is 0 Å². The van der Waals surface area contributed by atoms with Gasteiger partial charge in [0.15, 0.2) is 0 Å². The van der Waals surface area contributed by atoms with Crippen molar-refractivity contribution in [1.29, 1.82) is 0 Å². The first-order valence-electron chi connectivity index (χ1n) is 7.77. The molecule has 23 heavy (non-hydrogen) atoms. The molecule has 1 fully saturated rings. The van der Waals surface area contributed by atoms with Crippen LogP contribution in [0.2, 0.25) is 0 Å². The number of hydrogen-bond donors (Lipinski definition) is 0. The van der Waals surface area contributed by atoms with E-state index in [0.717, 1.165) is 24.0 Å². The number of sulfone groups is 1. The number of aryl methyl sites for hydroxylation is 1. The van der Waals surface area contributed by atoms with Gasteiger partial charge in [0.05, 0.1) is 15.9 Å². The average molecular weight is 328 g/mol. The molecule has 1 heterocycles. The average Bonchev–Trinajstić information content (AvgIpc) is 3.08. The number of ether oxygens (including phenoxy) is 1. The van der Waals surface area contributed by atoms with Crippen LogP contribution in [0.5, 0.6) is 0 Å². The topological polar surface area (TPSA) is 43.4 Å². The minimum atomic E-state index is -3.56. The molecule has 0 aliphatic carbocycles. The molecular weight excluding hydrogens is 308 g/mol. The van der Waals surface area contributed by atoms with Crippen molar-refractivity contribution in [2.75, 3.05) is 6.61 Å². The van der Waals surface area contributed by atoms with E-state index in [1.54, 1.807) is 18.2 Å². The van der Waals surface area contributed by atoms with Gasteiger partial charge in [-0.2, -0.15) is 0 Å². The third-order valence-electron chi connectivity index (χ3n) is 4.00. The quantitative estimate of drug-likeness (QED) is 0.852. The van der Waals surface area contributed by atoms with Crippen LogP contribution in [0.4, 0.5) is 0 Å². The van der Waals surface area contributed by atoms with Crippen LogP contribution in [-0.2, 0) is 14.6 Å². The third kappa shape index (κ3) is 3.54. The maximum Gasteiger partial charge on any atom is 0.205 e. The summed E-state index contributed by atoms with van der Waals surface area (Å²) < 4.78 is 31.8. The Bertz CT molecular complexity index is 784. The molecular formula is C19H20O3S. The highest BCUT2D eigenvalue weighted by molar-refractivity contribution is 7.95. The lowest BCUT2D eigenvalue weighted by Gasteiger charge is -2.16. The molecule has 0 aromatic heterocycles. The number of rotatable bonds is 4. The molecule has 4 heteroatoms. The molecule has 1 saturated heterocycles. The lowest BCUT2D eigenvalue weighted by molar-refractivity contribution is 0.143. The van der Waals surface area contributed by atoms with E-state index in [4.69, 9.17) is 4.74 Å². The molecule has 0 N–H and O–H groups in total. The van der Waals surface area contributed by atoms with Crippen LogP contribution in [0, 0.1) is 6.92 Å². The summed E-state index contributed by atoms with van der Waals surface area (Å²) in [4.78, 5) is 0.672. The van der Waals surface area contributed by atoms with Gasteiger partial charge in [-0.3, -0.25) is 0 Å². The van der Waals surface area contributed by atoms with Crippen LogP contribution in [0.3, 0.4) is 0 Å². The maximum atomic E-state index is 13.1. The van der Waals surface area contributed by atoms with E-state index in [2.05, 4.69) is 0 Å². The van der Waals surface area contributed by atoms with Gasteiger partial charge in [0.25, 0.3) is 0 Å². The molecule has 0 bridgehead atoms. The number of benzene rings is 2. The first kappa shape index (κ1) is 16.0. The predicted octanol–water partition coefficient (Wildman–Crippen LogP) is 3.99. The van der Waals surface area contributed by atoms with E-state index in [0.29, 0.717) is 16.4 Å². The minimum Gasteiger partial charge on any atom is -0.373 e. The van der Waals surface area contributed by atoms with Gasteiger partial charge in [0, 0.05) is 6.61 Å². The van der Waals surface area contributed by atoms with Crippen LogP contribution in [-0.4, -0.2) is 21.1 Å². The first-order chi connectivity index (χ1) is 11.1. The molecule has 2 aromatic carbocycles. The Morgan fingerprint density at radius 2 is 1.78 bits per heavy atom. The van der Waals surface area contributed by atoms with E-state index >= 15 is 0 Å². The molecule has 1 aliphatic heterocycles. The largest absolute Gasteiger partial charge is 0.373 e. The molecule has 0 amide bonds. The summed E-state index contributed by atoms with van der Waals surface area (Å²) in [6, 6.07) is 16.5. The van der Waals surface area contributed by atoms with Crippen molar-refractivity contribution in [3.63, 3.8) is 0 Å². The van der Waals surface area contributed by atoms with Crippen molar-refractivity contribution >= 4 is 15.9 Å². The molecule has 0 spiro atoms. The van der Waals surface area contributed by atoms with Gasteiger partial charge < -0.3 is 4.74 Å². The minimum absolute atomic E-state index is 0.320. The lowest BCUT2D eigenvalue weighted by Crippen LogP contribution is -2.18.